The molecule has 0 atom stereocenters. The van der Waals surface area contributed by atoms with E-state index < -0.39 is 0 Å². The third-order valence-corrected chi connectivity index (χ3v) is 4.25. The topological polar surface area (TPSA) is 45.2 Å². The number of aromatic nitrogens is 1. The van der Waals surface area contributed by atoms with Crippen LogP contribution in [0.1, 0.15) is 36.0 Å². The SMILES string of the molecule is Cl.Cl.O=C(c1cccnc1)N1CCC2(CCCN2)CC1. The zero-order valence-corrected chi connectivity index (χ0v) is 13.0. The van der Waals surface area contributed by atoms with Crippen LogP contribution >= 0.6 is 24.8 Å². The molecular formula is C14H21Cl2N3O. The maximum absolute atomic E-state index is 12.3. The first kappa shape index (κ1) is 17.2. The first-order valence-electron chi connectivity index (χ1n) is 6.73. The van der Waals surface area contributed by atoms with Crippen molar-refractivity contribution in [3.05, 3.63) is 30.1 Å². The Morgan fingerprint density at radius 3 is 2.55 bits per heavy atom. The van der Waals surface area contributed by atoms with E-state index in [4.69, 9.17) is 0 Å². The Bertz CT molecular complexity index is 425. The van der Waals surface area contributed by atoms with Crippen molar-refractivity contribution in [2.24, 2.45) is 0 Å². The van der Waals surface area contributed by atoms with Gasteiger partial charge in [-0.05, 0) is 44.4 Å². The highest BCUT2D eigenvalue weighted by Crippen LogP contribution is 2.31. The zero-order chi connectivity index (χ0) is 12.4. The summed E-state index contributed by atoms with van der Waals surface area (Å²) >= 11 is 0. The van der Waals surface area contributed by atoms with Gasteiger partial charge in [0.25, 0.3) is 5.91 Å². The number of nitrogens with zero attached hydrogens (tertiary/aromatic N) is 2. The number of carbonyl (C=O) groups is 1. The van der Waals surface area contributed by atoms with Gasteiger partial charge in [0.15, 0.2) is 0 Å². The molecule has 3 rings (SSSR count). The van der Waals surface area contributed by atoms with Crippen LogP contribution in [0.4, 0.5) is 0 Å². The molecule has 1 aromatic heterocycles. The Kier molecular flexibility index (Phi) is 6.24. The van der Waals surface area contributed by atoms with Gasteiger partial charge in [0, 0.05) is 31.0 Å². The number of rotatable bonds is 1. The number of hydrogen-bond acceptors (Lipinski definition) is 3. The Hall–Kier alpha value is -0.840. The summed E-state index contributed by atoms with van der Waals surface area (Å²) in [6, 6.07) is 3.66. The van der Waals surface area contributed by atoms with Gasteiger partial charge in [-0.2, -0.15) is 0 Å². The minimum atomic E-state index is 0. The molecule has 3 heterocycles. The van der Waals surface area contributed by atoms with Gasteiger partial charge in [0.05, 0.1) is 5.56 Å². The zero-order valence-electron chi connectivity index (χ0n) is 11.4. The number of likely N-dealkylation sites (tertiary alicyclic amines) is 1. The van der Waals surface area contributed by atoms with E-state index in [1.54, 1.807) is 12.4 Å². The summed E-state index contributed by atoms with van der Waals surface area (Å²) in [4.78, 5) is 18.2. The van der Waals surface area contributed by atoms with E-state index in [1.807, 2.05) is 17.0 Å². The number of piperidine rings is 1. The van der Waals surface area contributed by atoms with E-state index >= 15 is 0 Å². The van der Waals surface area contributed by atoms with Crippen LogP contribution in [0.25, 0.3) is 0 Å². The number of pyridine rings is 1. The predicted molar refractivity (Wildman–Crippen MR) is 83.8 cm³/mol. The third kappa shape index (κ3) is 3.43. The fraction of sp³-hybridized carbons (Fsp3) is 0.571. The van der Waals surface area contributed by atoms with E-state index in [9.17, 15) is 4.79 Å². The molecule has 0 radical (unpaired) electrons. The van der Waals surface area contributed by atoms with Gasteiger partial charge < -0.3 is 10.2 Å². The highest BCUT2D eigenvalue weighted by atomic mass is 35.5. The summed E-state index contributed by atoms with van der Waals surface area (Å²) in [6.07, 6.45) is 8.06. The fourth-order valence-electron chi connectivity index (χ4n) is 3.11. The van der Waals surface area contributed by atoms with E-state index in [0.717, 1.165) is 32.5 Å². The molecule has 1 amide bonds. The summed E-state index contributed by atoms with van der Waals surface area (Å²) in [5.74, 6) is 0.121. The van der Waals surface area contributed by atoms with Crippen molar-refractivity contribution >= 4 is 30.7 Å². The van der Waals surface area contributed by atoms with Crippen LogP contribution in [0.3, 0.4) is 0 Å². The summed E-state index contributed by atoms with van der Waals surface area (Å²) < 4.78 is 0. The molecule has 0 saturated carbocycles. The maximum atomic E-state index is 12.3. The lowest BCUT2D eigenvalue weighted by molar-refractivity contribution is 0.0656. The number of hydrogen-bond donors (Lipinski definition) is 1. The van der Waals surface area contributed by atoms with Crippen molar-refractivity contribution in [1.29, 1.82) is 0 Å². The van der Waals surface area contributed by atoms with Crippen LogP contribution in [0, 0.1) is 0 Å². The Morgan fingerprint density at radius 1 is 1.25 bits per heavy atom. The molecule has 112 valence electrons. The van der Waals surface area contributed by atoms with Crippen molar-refractivity contribution < 1.29 is 4.79 Å². The molecule has 1 N–H and O–H groups in total. The normalized spacial score (nSPS) is 20.1. The molecule has 4 nitrogen and oxygen atoms in total. The van der Waals surface area contributed by atoms with Gasteiger partial charge in [-0.15, -0.1) is 24.8 Å². The van der Waals surface area contributed by atoms with E-state index in [0.29, 0.717) is 11.1 Å². The van der Waals surface area contributed by atoms with Crippen LogP contribution in [0.2, 0.25) is 0 Å². The maximum Gasteiger partial charge on any atom is 0.255 e. The summed E-state index contributed by atoms with van der Waals surface area (Å²) in [7, 11) is 0. The molecule has 2 saturated heterocycles. The lowest BCUT2D eigenvalue weighted by Gasteiger charge is -2.39. The number of amides is 1. The van der Waals surface area contributed by atoms with Gasteiger partial charge in [-0.1, -0.05) is 0 Å². The summed E-state index contributed by atoms with van der Waals surface area (Å²) in [6.45, 7) is 2.86. The van der Waals surface area contributed by atoms with E-state index in [1.165, 1.54) is 12.8 Å². The average molecular weight is 318 g/mol. The van der Waals surface area contributed by atoms with Gasteiger partial charge in [-0.3, -0.25) is 9.78 Å². The first-order valence-corrected chi connectivity index (χ1v) is 6.73. The van der Waals surface area contributed by atoms with E-state index in [-0.39, 0.29) is 30.7 Å². The molecule has 0 bridgehead atoms. The van der Waals surface area contributed by atoms with Crippen molar-refractivity contribution in [2.75, 3.05) is 19.6 Å². The summed E-state index contributed by atoms with van der Waals surface area (Å²) in [5.41, 5.74) is 1.03. The fourth-order valence-corrected chi connectivity index (χ4v) is 3.11. The van der Waals surface area contributed by atoms with Gasteiger partial charge in [0.1, 0.15) is 0 Å². The smallest absolute Gasteiger partial charge is 0.255 e. The van der Waals surface area contributed by atoms with Crippen LogP contribution < -0.4 is 5.32 Å². The Balaban J connectivity index is 0.000001000. The van der Waals surface area contributed by atoms with Crippen LogP contribution in [-0.2, 0) is 0 Å². The number of carbonyl (C=O) groups excluding carboxylic acids is 1. The second-order valence-electron chi connectivity index (χ2n) is 5.34. The second kappa shape index (κ2) is 7.25. The molecule has 0 aliphatic carbocycles. The lowest BCUT2D eigenvalue weighted by atomic mass is 9.86. The highest BCUT2D eigenvalue weighted by Gasteiger charge is 2.37. The predicted octanol–water partition coefficient (Wildman–Crippen LogP) is 2.28. The molecule has 1 spiro atoms. The molecule has 6 heteroatoms. The minimum Gasteiger partial charge on any atom is -0.338 e. The largest absolute Gasteiger partial charge is 0.338 e. The number of halogens is 2. The molecular weight excluding hydrogens is 297 g/mol. The standard InChI is InChI=1S/C14H19N3O.2ClH/c18-13(12-3-1-7-15-11-12)17-9-5-14(6-10-17)4-2-8-16-14;;/h1,3,7,11,16H,2,4-6,8-10H2;2*1H. The van der Waals surface area contributed by atoms with Crippen molar-refractivity contribution in [2.45, 2.75) is 31.2 Å². The Labute approximate surface area is 132 Å². The minimum absolute atomic E-state index is 0. The molecule has 1 aromatic rings. The van der Waals surface area contributed by atoms with Gasteiger partial charge in [0.2, 0.25) is 0 Å². The molecule has 2 aliphatic rings. The molecule has 2 fully saturated rings. The van der Waals surface area contributed by atoms with Crippen molar-refractivity contribution in [1.82, 2.24) is 15.2 Å². The molecule has 20 heavy (non-hydrogen) atoms. The summed E-state index contributed by atoms with van der Waals surface area (Å²) in [5, 5.41) is 3.62. The van der Waals surface area contributed by atoms with Crippen LogP contribution in [-0.4, -0.2) is 41.0 Å². The van der Waals surface area contributed by atoms with Crippen LogP contribution in [0.15, 0.2) is 24.5 Å². The molecule has 2 aliphatic heterocycles. The molecule has 0 aromatic carbocycles. The van der Waals surface area contributed by atoms with Crippen molar-refractivity contribution in [3.8, 4) is 0 Å². The monoisotopic (exact) mass is 317 g/mol. The van der Waals surface area contributed by atoms with Crippen molar-refractivity contribution in [3.63, 3.8) is 0 Å². The number of nitrogens with one attached hydrogen (secondary N) is 1. The molecule has 0 unspecified atom stereocenters. The average Bonchev–Trinajstić information content (AvgIpc) is 2.88. The van der Waals surface area contributed by atoms with Crippen LogP contribution in [0.5, 0.6) is 0 Å². The third-order valence-electron chi connectivity index (χ3n) is 4.25. The second-order valence-corrected chi connectivity index (χ2v) is 5.34. The first-order chi connectivity index (χ1) is 8.79. The highest BCUT2D eigenvalue weighted by molar-refractivity contribution is 5.93. The van der Waals surface area contributed by atoms with Gasteiger partial charge in [-0.25, -0.2) is 0 Å². The van der Waals surface area contributed by atoms with E-state index in [2.05, 4.69) is 10.3 Å². The lowest BCUT2D eigenvalue weighted by Crippen LogP contribution is -2.51. The quantitative estimate of drug-likeness (QED) is 0.864. The van der Waals surface area contributed by atoms with Gasteiger partial charge >= 0.3 is 0 Å². The Morgan fingerprint density at radius 2 is 2.00 bits per heavy atom.